The molecule has 3 aliphatic heterocycles. The van der Waals surface area contributed by atoms with Gasteiger partial charge >= 0.3 is 6.09 Å². The molecule has 16 heteroatoms. The summed E-state index contributed by atoms with van der Waals surface area (Å²) in [5.74, 6) is 1.25. The number of likely N-dealkylation sites (N-methyl/N-ethyl adjacent to an activating group) is 2. The van der Waals surface area contributed by atoms with E-state index in [1.54, 1.807) is 16.7 Å². The van der Waals surface area contributed by atoms with Crippen molar-refractivity contribution < 1.29 is 33.7 Å². The zero-order chi connectivity index (χ0) is 50.1. The second kappa shape index (κ2) is 20.4. The maximum absolute atomic E-state index is 14.9. The first-order valence-electron chi connectivity index (χ1n) is 25.5. The molecule has 0 radical (unpaired) electrons. The van der Waals surface area contributed by atoms with E-state index >= 15 is 0 Å². The minimum atomic E-state index is -0.818. The lowest BCUT2D eigenvalue weighted by Gasteiger charge is -2.38. The van der Waals surface area contributed by atoms with Crippen molar-refractivity contribution in [3.63, 3.8) is 0 Å². The Morgan fingerprint density at radius 3 is 1.78 bits per heavy atom. The van der Waals surface area contributed by atoms with Gasteiger partial charge < -0.3 is 43.8 Å². The van der Waals surface area contributed by atoms with Crippen LogP contribution >= 0.6 is 0 Å². The third kappa shape index (κ3) is 9.20. The Morgan fingerprint density at radius 2 is 1.22 bits per heavy atom. The van der Waals surface area contributed by atoms with E-state index in [1.165, 1.54) is 0 Å². The summed E-state index contributed by atoms with van der Waals surface area (Å²) < 4.78 is 17.4. The minimum absolute atomic E-state index is 0.0465. The van der Waals surface area contributed by atoms with Crippen LogP contribution in [0.1, 0.15) is 69.4 Å². The Morgan fingerprint density at radius 1 is 0.681 bits per heavy atom. The number of fused-ring (bicyclic) bond motifs is 8. The Bertz CT molecular complexity index is 2970. The van der Waals surface area contributed by atoms with Crippen LogP contribution in [0.5, 0.6) is 11.8 Å². The fourth-order valence-electron chi connectivity index (χ4n) is 11.5. The molecule has 1 saturated heterocycles. The number of ether oxygens (including phenoxy) is 3. The molecule has 10 rings (SSSR count). The van der Waals surface area contributed by atoms with Crippen LogP contribution in [0.25, 0.3) is 44.1 Å². The quantitative estimate of drug-likeness (QED) is 0.0942. The lowest BCUT2D eigenvalue weighted by molar-refractivity contribution is -0.125. The Balaban J connectivity index is 0.795. The number of amides is 3. The van der Waals surface area contributed by atoms with Gasteiger partial charge in [-0.2, -0.15) is 0 Å². The van der Waals surface area contributed by atoms with Crippen LogP contribution in [-0.2, 0) is 25.2 Å². The van der Waals surface area contributed by atoms with Crippen LogP contribution in [0.2, 0.25) is 0 Å². The molecule has 4 aromatic heterocycles. The normalized spacial score (nSPS) is 19.3. The predicted molar refractivity (Wildman–Crippen MR) is 278 cm³/mol. The standard InChI is InChI=1S/C56H65N9O7/c1-6-70-54(69)64-25-21-56(22-26-64)51-43-32-38(40-11-15-48(59-34-40)71-29-7-23-61(2)3)10-14-45(43)58-36-47(51)65(53(56)68)28-27-62(4)24-8-30-72-49-16-12-39(33-60-49)37-9-13-44-42(31-37)50-46(35-57-44)63(5)52(67)55(50)19-17-41(66)18-20-55/h9-16,31-36,41,66H,6-8,17-30H2,1-5H3. The predicted octanol–water partition coefficient (Wildman–Crippen LogP) is 7.62. The molecule has 0 unspecified atom stereocenters. The Kier molecular flexibility index (Phi) is 13.8. The highest BCUT2D eigenvalue weighted by Crippen LogP contribution is 2.53. The largest absolute Gasteiger partial charge is 0.478 e. The molecule has 1 aliphatic carbocycles. The molecule has 1 saturated carbocycles. The van der Waals surface area contributed by atoms with Gasteiger partial charge in [-0.1, -0.05) is 12.1 Å². The first-order chi connectivity index (χ1) is 34.9. The molecule has 4 aliphatic rings. The number of likely N-dealkylation sites (tertiary alicyclic amines) is 1. The van der Waals surface area contributed by atoms with E-state index in [0.29, 0.717) is 96.3 Å². The maximum Gasteiger partial charge on any atom is 0.409 e. The molecule has 16 nitrogen and oxygen atoms in total. The van der Waals surface area contributed by atoms with Gasteiger partial charge in [-0.3, -0.25) is 19.6 Å². The number of benzene rings is 2. The monoisotopic (exact) mass is 976 g/mol. The molecule has 7 heterocycles. The highest BCUT2D eigenvalue weighted by Gasteiger charge is 2.54. The fraction of sp³-hybridized carbons (Fsp3) is 0.446. The average Bonchev–Trinajstić information content (AvgIpc) is 3.75. The lowest BCUT2D eigenvalue weighted by atomic mass is 9.68. The van der Waals surface area contributed by atoms with E-state index in [2.05, 4.69) is 38.9 Å². The van der Waals surface area contributed by atoms with Crippen molar-refractivity contribution in [3.8, 4) is 34.0 Å². The van der Waals surface area contributed by atoms with E-state index in [0.717, 1.165) is 92.5 Å². The van der Waals surface area contributed by atoms with Gasteiger partial charge in [-0.25, -0.2) is 14.8 Å². The van der Waals surface area contributed by atoms with Crippen LogP contribution in [0, 0.1) is 0 Å². The molecule has 0 bridgehead atoms. The smallest absolute Gasteiger partial charge is 0.409 e. The number of anilines is 2. The molecule has 376 valence electrons. The first-order valence-corrected chi connectivity index (χ1v) is 25.5. The number of aliphatic hydroxyl groups is 1. The third-order valence-corrected chi connectivity index (χ3v) is 15.4. The van der Waals surface area contributed by atoms with Crippen molar-refractivity contribution in [3.05, 3.63) is 96.6 Å². The summed E-state index contributed by atoms with van der Waals surface area (Å²) in [5, 5.41) is 12.2. The van der Waals surface area contributed by atoms with Crippen LogP contribution in [-0.4, -0.2) is 151 Å². The minimum Gasteiger partial charge on any atom is -0.478 e. The molecule has 3 amide bonds. The second-order valence-corrected chi connectivity index (χ2v) is 20.2. The number of aromatic nitrogens is 4. The topological polar surface area (TPSA) is 167 Å². The van der Waals surface area contributed by atoms with E-state index in [1.807, 2.05) is 99.4 Å². The molecule has 72 heavy (non-hydrogen) atoms. The summed E-state index contributed by atoms with van der Waals surface area (Å²) in [6.45, 7) is 6.78. The summed E-state index contributed by atoms with van der Waals surface area (Å²) in [7, 11) is 7.97. The van der Waals surface area contributed by atoms with Crippen LogP contribution in [0.15, 0.2) is 85.5 Å². The van der Waals surface area contributed by atoms with E-state index in [-0.39, 0.29) is 24.0 Å². The van der Waals surface area contributed by atoms with Crippen molar-refractivity contribution in [1.82, 2.24) is 34.6 Å². The average molecular weight is 976 g/mol. The van der Waals surface area contributed by atoms with Gasteiger partial charge in [0.25, 0.3) is 0 Å². The number of hydrogen-bond acceptors (Lipinski definition) is 13. The molecule has 2 spiro atoms. The Labute approximate surface area is 420 Å². The van der Waals surface area contributed by atoms with Gasteiger partial charge in [-0.15, -0.1) is 0 Å². The molecular weight excluding hydrogens is 911 g/mol. The van der Waals surface area contributed by atoms with Gasteiger partial charge in [0.1, 0.15) is 0 Å². The second-order valence-electron chi connectivity index (χ2n) is 20.2. The van der Waals surface area contributed by atoms with E-state index in [9.17, 15) is 19.5 Å². The summed E-state index contributed by atoms with van der Waals surface area (Å²) in [6.07, 6.45) is 11.6. The Hall–Kier alpha value is -6.75. The lowest BCUT2D eigenvalue weighted by Crippen LogP contribution is -2.51. The van der Waals surface area contributed by atoms with Gasteiger partial charge in [0.2, 0.25) is 23.6 Å². The van der Waals surface area contributed by atoms with Crippen molar-refractivity contribution in [1.29, 1.82) is 0 Å². The van der Waals surface area contributed by atoms with Crippen molar-refractivity contribution >= 4 is 51.1 Å². The van der Waals surface area contributed by atoms with Crippen molar-refractivity contribution in [2.75, 3.05) is 97.1 Å². The third-order valence-electron chi connectivity index (χ3n) is 15.4. The molecule has 6 aromatic rings. The zero-order valence-electron chi connectivity index (χ0n) is 42.1. The maximum atomic E-state index is 14.9. The number of pyridine rings is 4. The van der Waals surface area contributed by atoms with Gasteiger partial charge in [0, 0.05) is 104 Å². The SMILES string of the molecule is CCOC(=O)N1CCC2(CC1)C(=O)N(CCN(C)CCCOc1ccc(-c3ccc4ncc5c(c4c3)C3(CCC(O)CC3)C(=O)N5C)cn1)c1cnc3ccc(-c4ccc(OCCCN(C)C)nc4)cc3c12. The number of aliphatic hydroxyl groups excluding tert-OH is 1. The first kappa shape index (κ1) is 48.9. The van der Waals surface area contributed by atoms with Gasteiger partial charge in [-0.05, 0) is 127 Å². The molecule has 1 N–H and O–H groups in total. The zero-order valence-corrected chi connectivity index (χ0v) is 42.1. The van der Waals surface area contributed by atoms with Crippen molar-refractivity contribution in [2.24, 2.45) is 0 Å². The molecule has 2 aromatic carbocycles. The number of carbonyl (C=O) groups excluding carboxylic acids is 3. The van der Waals surface area contributed by atoms with E-state index in [4.69, 9.17) is 24.2 Å². The van der Waals surface area contributed by atoms with Gasteiger partial charge in [0.15, 0.2) is 0 Å². The van der Waals surface area contributed by atoms with Crippen molar-refractivity contribution in [2.45, 2.75) is 75.2 Å². The molecule has 2 fully saturated rings. The summed E-state index contributed by atoms with van der Waals surface area (Å²) in [6, 6.07) is 20.2. The summed E-state index contributed by atoms with van der Waals surface area (Å²) >= 11 is 0. The fourth-order valence-corrected chi connectivity index (χ4v) is 11.5. The number of rotatable bonds is 16. The molecule has 0 atom stereocenters. The number of piperidine rings is 1. The number of nitrogens with zero attached hydrogens (tertiary/aromatic N) is 9. The van der Waals surface area contributed by atoms with Crippen LogP contribution in [0.3, 0.4) is 0 Å². The highest BCUT2D eigenvalue weighted by molar-refractivity contribution is 6.14. The number of hydrogen-bond donors (Lipinski definition) is 1. The summed E-state index contributed by atoms with van der Waals surface area (Å²) in [5.41, 5.74) is 7.66. The van der Waals surface area contributed by atoms with E-state index < -0.39 is 10.8 Å². The van der Waals surface area contributed by atoms with Crippen LogP contribution < -0.4 is 19.3 Å². The number of carbonyl (C=O) groups is 3. The highest BCUT2D eigenvalue weighted by atomic mass is 16.6. The molecular formula is C56H65N9O7. The van der Waals surface area contributed by atoms with Crippen LogP contribution in [0.4, 0.5) is 16.2 Å². The summed E-state index contributed by atoms with van der Waals surface area (Å²) in [4.78, 5) is 70.1. The van der Waals surface area contributed by atoms with Gasteiger partial charge in [0.05, 0.1) is 71.6 Å².